The molecule has 1 aromatic rings. The average Bonchev–Trinajstić information content (AvgIpc) is 2.20. The summed E-state index contributed by atoms with van der Waals surface area (Å²) in [5.74, 6) is 0.397. The second-order valence-corrected chi connectivity index (χ2v) is 4.67. The molecule has 0 aliphatic rings. The molecule has 2 unspecified atom stereocenters. The Balaban J connectivity index is 2.78. The third-order valence-corrected chi connectivity index (χ3v) is 2.49. The lowest BCUT2D eigenvalue weighted by Crippen LogP contribution is -2.28. The fourth-order valence-corrected chi connectivity index (χ4v) is 1.84. The molecule has 4 nitrogen and oxygen atoms in total. The van der Waals surface area contributed by atoms with Gasteiger partial charge in [-0.05, 0) is 27.2 Å². The van der Waals surface area contributed by atoms with E-state index in [0.29, 0.717) is 12.4 Å². The van der Waals surface area contributed by atoms with E-state index in [1.807, 2.05) is 20.8 Å². The number of hydrogen-bond donors (Lipinski definition) is 1. The number of halogens is 1. The van der Waals surface area contributed by atoms with Gasteiger partial charge in [-0.1, -0.05) is 0 Å². The van der Waals surface area contributed by atoms with E-state index in [1.54, 1.807) is 17.0 Å². The van der Waals surface area contributed by atoms with Crippen molar-refractivity contribution in [1.82, 2.24) is 9.55 Å². The highest BCUT2D eigenvalue weighted by atomic mass is 35.5. The van der Waals surface area contributed by atoms with Gasteiger partial charge in [-0.15, -0.1) is 11.6 Å². The fraction of sp³-hybridized carbons (Fsp3) is 0.636. The van der Waals surface area contributed by atoms with E-state index in [9.17, 15) is 4.79 Å². The van der Waals surface area contributed by atoms with E-state index in [0.717, 1.165) is 6.42 Å². The largest absolute Gasteiger partial charge is 0.363 e. The Morgan fingerprint density at radius 1 is 1.56 bits per heavy atom. The summed E-state index contributed by atoms with van der Waals surface area (Å²) in [5, 5.41) is 3.17. The maximum atomic E-state index is 11.8. The zero-order chi connectivity index (χ0) is 12.1. The van der Waals surface area contributed by atoms with Crippen molar-refractivity contribution in [2.45, 2.75) is 45.2 Å². The van der Waals surface area contributed by atoms with Crippen LogP contribution < -0.4 is 10.9 Å². The Morgan fingerprint density at radius 3 is 2.81 bits per heavy atom. The molecule has 0 aromatic carbocycles. The lowest BCUT2D eigenvalue weighted by atomic mass is 10.2. The van der Waals surface area contributed by atoms with Crippen molar-refractivity contribution in [3.8, 4) is 0 Å². The van der Waals surface area contributed by atoms with Crippen molar-refractivity contribution in [3.05, 3.63) is 22.7 Å². The third-order valence-electron chi connectivity index (χ3n) is 2.32. The minimum Gasteiger partial charge on any atom is -0.363 e. The summed E-state index contributed by atoms with van der Waals surface area (Å²) >= 11 is 5.89. The van der Waals surface area contributed by atoms with Crippen molar-refractivity contribution in [2.75, 3.05) is 5.32 Å². The number of rotatable bonds is 5. The van der Waals surface area contributed by atoms with E-state index in [2.05, 4.69) is 10.3 Å². The first-order chi connectivity index (χ1) is 7.54. The molecule has 1 rings (SSSR count). The topological polar surface area (TPSA) is 46.9 Å². The molecule has 0 amide bonds. The van der Waals surface area contributed by atoms with Crippen molar-refractivity contribution in [1.29, 1.82) is 0 Å². The first-order valence-corrected chi connectivity index (χ1v) is 5.94. The van der Waals surface area contributed by atoms with Gasteiger partial charge in [0.15, 0.2) is 5.82 Å². The Kier molecular flexibility index (Phi) is 4.80. The number of nitrogens with zero attached hydrogens (tertiary/aromatic N) is 2. The van der Waals surface area contributed by atoms with Gasteiger partial charge in [-0.3, -0.25) is 4.79 Å². The van der Waals surface area contributed by atoms with Gasteiger partial charge in [0, 0.05) is 30.4 Å². The second-order valence-electron chi connectivity index (χ2n) is 3.93. The Morgan fingerprint density at radius 2 is 2.25 bits per heavy atom. The quantitative estimate of drug-likeness (QED) is 0.806. The number of nitrogens with one attached hydrogen (secondary N) is 1. The molecule has 1 heterocycles. The first-order valence-electron chi connectivity index (χ1n) is 5.50. The van der Waals surface area contributed by atoms with Crippen LogP contribution in [0.15, 0.2) is 17.2 Å². The van der Waals surface area contributed by atoms with Gasteiger partial charge in [0.05, 0.1) is 0 Å². The molecule has 0 aliphatic carbocycles. The van der Waals surface area contributed by atoms with Gasteiger partial charge in [0.1, 0.15) is 0 Å². The van der Waals surface area contributed by atoms with E-state index in [4.69, 9.17) is 11.6 Å². The van der Waals surface area contributed by atoms with Crippen LogP contribution in [0.2, 0.25) is 0 Å². The molecule has 0 bridgehead atoms. The Bertz CT molecular complexity index is 389. The summed E-state index contributed by atoms with van der Waals surface area (Å²) in [6.07, 6.45) is 4.11. The molecule has 0 saturated heterocycles. The number of aryl methyl sites for hydroxylation is 1. The smallest absolute Gasteiger partial charge is 0.293 e. The minimum atomic E-state index is -0.0842. The van der Waals surface area contributed by atoms with Crippen LogP contribution in [0.1, 0.15) is 27.2 Å². The number of hydrogen-bond acceptors (Lipinski definition) is 3. The van der Waals surface area contributed by atoms with Gasteiger partial charge in [0.2, 0.25) is 0 Å². The predicted octanol–water partition coefficient (Wildman–Crippen LogP) is 2.08. The molecule has 5 heteroatoms. The van der Waals surface area contributed by atoms with Gasteiger partial charge in [-0.25, -0.2) is 4.98 Å². The Hall–Kier alpha value is -1.03. The van der Waals surface area contributed by atoms with Crippen LogP contribution in [-0.4, -0.2) is 21.0 Å². The summed E-state index contributed by atoms with van der Waals surface area (Å²) in [6, 6.07) is 0.139. The highest BCUT2D eigenvalue weighted by molar-refractivity contribution is 6.20. The van der Waals surface area contributed by atoms with Gasteiger partial charge < -0.3 is 9.88 Å². The van der Waals surface area contributed by atoms with Crippen molar-refractivity contribution < 1.29 is 0 Å². The van der Waals surface area contributed by atoms with E-state index < -0.39 is 0 Å². The third kappa shape index (κ3) is 3.52. The van der Waals surface area contributed by atoms with Crippen molar-refractivity contribution in [3.63, 3.8) is 0 Å². The fourth-order valence-electron chi connectivity index (χ4n) is 1.57. The first kappa shape index (κ1) is 13.0. The maximum absolute atomic E-state index is 11.8. The summed E-state index contributed by atoms with van der Waals surface area (Å²) in [7, 11) is 0. The number of alkyl halides is 1. The van der Waals surface area contributed by atoms with E-state index >= 15 is 0 Å². The van der Waals surface area contributed by atoms with Crippen LogP contribution in [0.5, 0.6) is 0 Å². The monoisotopic (exact) mass is 243 g/mol. The zero-order valence-corrected chi connectivity index (χ0v) is 10.7. The van der Waals surface area contributed by atoms with Crippen LogP contribution in [0.3, 0.4) is 0 Å². The highest BCUT2D eigenvalue weighted by Crippen LogP contribution is 2.07. The number of aromatic nitrogens is 2. The molecule has 2 atom stereocenters. The van der Waals surface area contributed by atoms with Crippen LogP contribution in [0, 0.1) is 0 Å². The summed E-state index contributed by atoms with van der Waals surface area (Å²) < 4.78 is 1.62. The summed E-state index contributed by atoms with van der Waals surface area (Å²) in [4.78, 5) is 15.9. The average molecular weight is 244 g/mol. The normalized spacial score (nSPS) is 14.5. The lowest BCUT2D eigenvalue weighted by Gasteiger charge is -2.15. The zero-order valence-electron chi connectivity index (χ0n) is 9.90. The van der Waals surface area contributed by atoms with E-state index in [-0.39, 0.29) is 17.0 Å². The van der Waals surface area contributed by atoms with Gasteiger partial charge >= 0.3 is 0 Å². The van der Waals surface area contributed by atoms with Crippen LogP contribution in [-0.2, 0) is 6.54 Å². The van der Waals surface area contributed by atoms with Crippen LogP contribution in [0.4, 0.5) is 5.82 Å². The molecule has 0 aliphatic heterocycles. The highest BCUT2D eigenvalue weighted by Gasteiger charge is 2.09. The van der Waals surface area contributed by atoms with Gasteiger partial charge in [-0.2, -0.15) is 0 Å². The predicted molar refractivity (Wildman–Crippen MR) is 67.2 cm³/mol. The molecule has 1 aromatic heterocycles. The Labute approximate surface area is 101 Å². The van der Waals surface area contributed by atoms with Crippen LogP contribution >= 0.6 is 11.6 Å². The standard InChI is InChI=1S/C11H18ClN3O/c1-4-15-6-5-13-10(11(15)16)14-9(3)7-8(2)12/h5-6,8-9H,4,7H2,1-3H3,(H,13,14). The lowest BCUT2D eigenvalue weighted by molar-refractivity contribution is 0.678. The molecule has 0 saturated carbocycles. The maximum Gasteiger partial charge on any atom is 0.293 e. The van der Waals surface area contributed by atoms with Crippen molar-refractivity contribution in [2.24, 2.45) is 0 Å². The molecule has 16 heavy (non-hydrogen) atoms. The molecular formula is C11H18ClN3O. The van der Waals surface area contributed by atoms with Crippen molar-refractivity contribution >= 4 is 17.4 Å². The SMILES string of the molecule is CCn1ccnc(NC(C)CC(C)Cl)c1=O. The molecule has 1 N–H and O–H groups in total. The molecule has 0 spiro atoms. The second kappa shape index (κ2) is 5.89. The summed E-state index contributed by atoms with van der Waals surface area (Å²) in [5.41, 5.74) is -0.0842. The summed E-state index contributed by atoms with van der Waals surface area (Å²) in [6.45, 7) is 6.50. The van der Waals surface area contributed by atoms with Crippen LogP contribution in [0.25, 0.3) is 0 Å². The number of anilines is 1. The minimum absolute atomic E-state index is 0.0830. The molecule has 90 valence electrons. The van der Waals surface area contributed by atoms with E-state index in [1.165, 1.54) is 0 Å². The van der Waals surface area contributed by atoms with Gasteiger partial charge in [0.25, 0.3) is 5.56 Å². The molecule has 0 radical (unpaired) electrons. The molecule has 0 fully saturated rings. The molecular weight excluding hydrogens is 226 g/mol.